The van der Waals surface area contributed by atoms with Crippen molar-refractivity contribution in [1.82, 2.24) is 30.2 Å². The van der Waals surface area contributed by atoms with Crippen molar-refractivity contribution in [1.29, 1.82) is 0 Å². The number of rotatable bonds is 8. The average Bonchev–Trinajstić information content (AvgIpc) is 3.31. The summed E-state index contributed by atoms with van der Waals surface area (Å²) in [5, 5.41) is 6.93. The molecule has 4 aromatic rings. The van der Waals surface area contributed by atoms with E-state index in [0.29, 0.717) is 71.2 Å². The molecule has 4 N–H and O–H groups in total. The molecule has 1 aliphatic carbocycles. The Morgan fingerprint density at radius 1 is 1.07 bits per heavy atom. The Balaban J connectivity index is 1.24. The van der Waals surface area contributed by atoms with E-state index in [4.69, 9.17) is 34.6 Å². The van der Waals surface area contributed by atoms with Gasteiger partial charge in [-0.25, -0.2) is 13.8 Å². The second kappa shape index (κ2) is 10.5. The number of hydrogen-bond donors (Lipinski definition) is 3. The Labute approximate surface area is 264 Å². The van der Waals surface area contributed by atoms with Gasteiger partial charge in [0.15, 0.2) is 23.0 Å². The largest absolute Gasteiger partial charge is 0.487 e. The van der Waals surface area contributed by atoms with Crippen LogP contribution in [0.15, 0.2) is 16.5 Å². The summed E-state index contributed by atoms with van der Waals surface area (Å²) < 4.78 is 48.0. The van der Waals surface area contributed by atoms with Crippen LogP contribution in [-0.2, 0) is 0 Å². The number of alkyl halides is 1. The van der Waals surface area contributed by atoms with E-state index in [2.05, 4.69) is 25.4 Å². The highest BCUT2D eigenvalue weighted by Crippen LogP contribution is 2.48. The second-order valence-electron chi connectivity index (χ2n) is 13.5. The molecule has 5 fully saturated rings. The zero-order valence-corrected chi connectivity index (χ0v) is 25.7. The quantitative estimate of drug-likeness (QED) is 0.258. The van der Waals surface area contributed by atoms with E-state index in [9.17, 15) is 8.78 Å². The molecule has 7 heterocycles. The van der Waals surface area contributed by atoms with Gasteiger partial charge in [0.05, 0.1) is 17.2 Å². The molecule has 4 atom stereocenters. The number of halogens is 2. The Morgan fingerprint density at radius 2 is 1.89 bits per heavy atom. The number of nitrogens with one attached hydrogen (secondary N) is 2. The van der Waals surface area contributed by atoms with Gasteiger partial charge in [0.1, 0.15) is 35.1 Å². The topological polar surface area (TPSA) is 140 Å². The number of pyridine rings is 1. The Bertz CT molecular complexity index is 1840. The summed E-state index contributed by atoms with van der Waals surface area (Å²) in [6, 6.07) is 3.75. The fourth-order valence-electron chi connectivity index (χ4n) is 8.07. The second-order valence-corrected chi connectivity index (χ2v) is 13.5. The van der Waals surface area contributed by atoms with Gasteiger partial charge in [-0.05, 0) is 57.2 Å². The van der Waals surface area contributed by atoms with Gasteiger partial charge in [-0.15, -0.1) is 0 Å². The molecule has 2 bridgehead atoms. The van der Waals surface area contributed by atoms with Crippen molar-refractivity contribution >= 4 is 39.8 Å². The predicted molar refractivity (Wildman–Crippen MR) is 169 cm³/mol. The number of ether oxygens (including phenoxy) is 2. The maximum absolute atomic E-state index is 14.8. The molecule has 5 aliphatic rings. The number of aromatic nitrogens is 4. The van der Waals surface area contributed by atoms with E-state index in [1.165, 1.54) is 6.07 Å². The molecule has 46 heavy (non-hydrogen) atoms. The number of fused-ring (bicyclic) bond motifs is 5. The SMILES string of the molecule is CNc1nc2c(N3CC4CCC(C3)N4)nc(OC[C@@]34CCCN3C[C@H](F)C4)nc2c(OC2CC2)c1-c1ccc(F)c2oc(N)nc12. The third-order valence-electron chi connectivity index (χ3n) is 10.3. The summed E-state index contributed by atoms with van der Waals surface area (Å²) in [7, 11) is 1.78. The Morgan fingerprint density at radius 3 is 2.67 bits per heavy atom. The highest BCUT2D eigenvalue weighted by atomic mass is 19.1. The van der Waals surface area contributed by atoms with E-state index < -0.39 is 12.0 Å². The summed E-state index contributed by atoms with van der Waals surface area (Å²) in [4.78, 5) is 23.9. The molecule has 12 nitrogen and oxygen atoms in total. The number of anilines is 3. The van der Waals surface area contributed by atoms with Crippen LogP contribution in [0.1, 0.15) is 44.9 Å². The van der Waals surface area contributed by atoms with Crippen molar-refractivity contribution in [2.24, 2.45) is 0 Å². The lowest BCUT2D eigenvalue weighted by Gasteiger charge is -2.34. The van der Waals surface area contributed by atoms with Crippen LogP contribution in [0.3, 0.4) is 0 Å². The lowest BCUT2D eigenvalue weighted by atomic mass is 9.95. The first-order chi connectivity index (χ1) is 22.4. The van der Waals surface area contributed by atoms with Crippen molar-refractivity contribution in [3.05, 3.63) is 17.9 Å². The highest BCUT2D eigenvalue weighted by molar-refractivity contribution is 6.04. The maximum atomic E-state index is 14.8. The van der Waals surface area contributed by atoms with Crippen LogP contribution in [0.25, 0.3) is 33.3 Å². The molecule has 0 amide bonds. The lowest BCUT2D eigenvalue weighted by Crippen LogP contribution is -2.51. The minimum absolute atomic E-state index is 0.00361. The summed E-state index contributed by atoms with van der Waals surface area (Å²) in [5.41, 5.74) is 7.97. The Kier molecular flexibility index (Phi) is 6.43. The first-order valence-electron chi connectivity index (χ1n) is 16.4. The van der Waals surface area contributed by atoms with Crippen LogP contribution in [0.4, 0.5) is 26.4 Å². The monoisotopic (exact) mass is 633 g/mol. The van der Waals surface area contributed by atoms with Crippen molar-refractivity contribution < 1.29 is 22.7 Å². The molecular weight excluding hydrogens is 596 g/mol. The van der Waals surface area contributed by atoms with E-state index in [1.807, 2.05) is 0 Å². The van der Waals surface area contributed by atoms with E-state index >= 15 is 0 Å². The van der Waals surface area contributed by atoms with E-state index in [1.54, 1.807) is 13.1 Å². The van der Waals surface area contributed by atoms with Crippen molar-refractivity contribution in [3.63, 3.8) is 0 Å². The van der Waals surface area contributed by atoms with Gasteiger partial charge >= 0.3 is 6.01 Å². The molecule has 1 aromatic carbocycles. The zero-order valence-electron chi connectivity index (χ0n) is 25.7. The molecule has 4 saturated heterocycles. The van der Waals surface area contributed by atoms with Crippen LogP contribution in [-0.4, -0.2) is 94.6 Å². The van der Waals surface area contributed by atoms with Gasteiger partial charge in [-0.3, -0.25) is 4.90 Å². The number of piperazine rings is 1. The van der Waals surface area contributed by atoms with Gasteiger partial charge in [-0.1, -0.05) is 0 Å². The molecule has 242 valence electrons. The summed E-state index contributed by atoms with van der Waals surface area (Å²) in [6.07, 6.45) is 5.49. The number of nitrogens with two attached hydrogens (primary N) is 1. The average molecular weight is 634 g/mol. The van der Waals surface area contributed by atoms with E-state index in [0.717, 1.165) is 58.2 Å². The molecule has 0 radical (unpaired) electrons. The number of nitrogens with zero attached hydrogens (tertiary/aromatic N) is 6. The molecule has 9 rings (SSSR count). The summed E-state index contributed by atoms with van der Waals surface area (Å²) >= 11 is 0. The fourth-order valence-corrected chi connectivity index (χ4v) is 8.07. The normalized spacial score (nSPS) is 27.5. The van der Waals surface area contributed by atoms with Gasteiger partial charge in [0.25, 0.3) is 6.01 Å². The van der Waals surface area contributed by atoms with Crippen LogP contribution >= 0.6 is 0 Å². The third kappa shape index (κ3) is 4.59. The highest BCUT2D eigenvalue weighted by Gasteiger charge is 2.49. The maximum Gasteiger partial charge on any atom is 0.319 e. The van der Waals surface area contributed by atoms with Crippen LogP contribution < -0.4 is 30.7 Å². The van der Waals surface area contributed by atoms with Crippen molar-refractivity contribution in [2.45, 2.75) is 74.8 Å². The molecule has 3 aromatic heterocycles. The molecule has 1 saturated carbocycles. The van der Waals surface area contributed by atoms with Crippen LogP contribution in [0.5, 0.6) is 11.8 Å². The first-order valence-corrected chi connectivity index (χ1v) is 16.4. The lowest BCUT2D eigenvalue weighted by molar-refractivity contribution is 0.107. The van der Waals surface area contributed by atoms with Gasteiger partial charge in [0.2, 0.25) is 0 Å². The van der Waals surface area contributed by atoms with Gasteiger partial charge < -0.3 is 35.2 Å². The Hall–Kier alpha value is -4.04. The van der Waals surface area contributed by atoms with Gasteiger partial charge in [0, 0.05) is 50.7 Å². The summed E-state index contributed by atoms with van der Waals surface area (Å²) in [6.45, 7) is 3.16. The number of oxazole rings is 1. The molecular formula is C32H37F2N9O3. The minimum atomic E-state index is -0.864. The van der Waals surface area contributed by atoms with Crippen molar-refractivity contribution in [2.75, 3.05) is 55.8 Å². The summed E-state index contributed by atoms with van der Waals surface area (Å²) in [5.74, 6) is 1.11. The standard InChI is InChI=1S/C32H37F2N9O3/c1-36-28-22(20-7-8-21(34)26-23(20)39-30(35)46-26)27(45-19-5-6-19)24-25(38-28)29(42-13-17-3-4-18(14-42)37-17)41-31(40-24)44-15-32-9-2-10-43(32)12-16(33)11-32/h7-8,16-19,37H,2-6,9-15H2,1H3,(H2,35,39)(H,36,38)/t16-,17?,18?,32+/m1/s1. The smallest absolute Gasteiger partial charge is 0.319 e. The fraction of sp³-hybridized carbons (Fsp3) is 0.562. The van der Waals surface area contributed by atoms with Crippen LogP contribution in [0, 0.1) is 5.82 Å². The molecule has 0 spiro atoms. The van der Waals surface area contributed by atoms with E-state index in [-0.39, 0.29) is 34.8 Å². The number of benzene rings is 1. The zero-order chi connectivity index (χ0) is 31.2. The first kappa shape index (κ1) is 28.2. The number of hydrogen-bond acceptors (Lipinski definition) is 12. The molecule has 14 heteroatoms. The number of nitrogen functional groups attached to an aromatic ring is 1. The van der Waals surface area contributed by atoms with Crippen molar-refractivity contribution in [3.8, 4) is 22.9 Å². The molecule has 4 aliphatic heterocycles. The van der Waals surface area contributed by atoms with Crippen LogP contribution in [0.2, 0.25) is 0 Å². The third-order valence-corrected chi connectivity index (χ3v) is 10.3. The molecule has 2 unspecified atom stereocenters. The van der Waals surface area contributed by atoms with Gasteiger partial charge in [-0.2, -0.15) is 15.0 Å². The predicted octanol–water partition coefficient (Wildman–Crippen LogP) is 4.03. The minimum Gasteiger partial charge on any atom is -0.487 e.